The number of carbonyl (C=O) groups is 4. The van der Waals surface area contributed by atoms with Crippen LogP contribution in [0.4, 0.5) is 5.13 Å². The largest absolute Gasteiger partial charge is 0.477 e. The van der Waals surface area contributed by atoms with E-state index in [1.54, 1.807) is 5.38 Å². The lowest BCUT2D eigenvalue weighted by Gasteiger charge is -2.48. The number of carboxylic acid groups (broad SMARTS) is 1. The third-order valence-electron chi connectivity index (χ3n) is 5.24. The van der Waals surface area contributed by atoms with Crippen molar-refractivity contribution in [2.45, 2.75) is 56.9 Å². The lowest BCUT2D eigenvalue weighted by Crippen LogP contribution is -2.70. The third-order valence-corrected chi connectivity index (χ3v) is 7.20. The first-order valence-corrected chi connectivity index (χ1v) is 13.0. The predicted molar refractivity (Wildman–Crippen MR) is 128 cm³/mol. The molecule has 1 saturated heterocycles. The fourth-order valence-corrected chi connectivity index (χ4v) is 5.36. The number of hydrogen-bond acceptors (Lipinski definition) is 9. The number of amides is 3. The number of carboxylic acids is 1. The highest BCUT2D eigenvalue weighted by atomic mass is 32.2. The van der Waals surface area contributed by atoms with Crippen LogP contribution < -0.4 is 10.6 Å². The van der Waals surface area contributed by atoms with Gasteiger partial charge >= 0.3 is 5.97 Å². The second-order valence-electron chi connectivity index (χ2n) is 7.62. The quantitative estimate of drug-likeness (QED) is 0.113. The normalized spacial score (nSPS) is 19.6. The van der Waals surface area contributed by atoms with E-state index < -0.39 is 29.2 Å². The SMILES string of the molecule is CCCCCCCCO/N=C(/C(=O)NC1C(=O)N2C(C(=O)O)=CCS[C@H]12)c1csc(NC=O)n1. The average molecular weight is 510 g/mol. The molecule has 0 aromatic carbocycles. The molecule has 13 heteroatoms. The number of nitrogens with one attached hydrogen (secondary N) is 2. The molecule has 3 N–H and O–H groups in total. The Bertz CT molecular complexity index is 979. The number of thioether (sulfide) groups is 1. The monoisotopic (exact) mass is 509 g/mol. The van der Waals surface area contributed by atoms with Crippen LogP contribution in [-0.4, -0.2) is 68.7 Å². The molecule has 1 aromatic heterocycles. The average Bonchev–Trinajstić information content (AvgIpc) is 3.29. The zero-order chi connectivity index (χ0) is 24.5. The molecular formula is C21H27N5O6S2. The van der Waals surface area contributed by atoms with Crippen LogP contribution in [0.1, 0.15) is 51.1 Å². The molecule has 1 aromatic rings. The van der Waals surface area contributed by atoms with Gasteiger partial charge < -0.3 is 20.6 Å². The summed E-state index contributed by atoms with van der Waals surface area (Å²) in [5.74, 6) is -1.95. The van der Waals surface area contributed by atoms with Gasteiger partial charge in [0.05, 0.1) is 0 Å². The molecule has 0 aliphatic carbocycles. The van der Waals surface area contributed by atoms with Crippen LogP contribution in [0.3, 0.4) is 0 Å². The van der Waals surface area contributed by atoms with Gasteiger partial charge in [-0.15, -0.1) is 23.1 Å². The lowest BCUT2D eigenvalue weighted by atomic mass is 10.0. The standard InChI is InChI=1S/C21H27N5O6S2/c1-2-3-4-5-6-7-9-32-25-15(13-11-34-21(23-13)22-12-27)17(28)24-16-18(29)26-14(20(30)31)8-10-33-19(16)26/h8,11-12,16,19H,2-7,9-10H2,1H3,(H,24,28)(H,30,31)(H,22,23,27)/b25-15+/t16?,19-/m1/s1. The van der Waals surface area contributed by atoms with Gasteiger partial charge in [-0.2, -0.15) is 0 Å². The molecule has 1 fully saturated rings. The van der Waals surface area contributed by atoms with Gasteiger partial charge in [0, 0.05) is 11.1 Å². The fraction of sp³-hybridized carbons (Fsp3) is 0.524. The number of nitrogens with zero attached hydrogens (tertiary/aromatic N) is 3. The zero-order valence-corrected chi connectivity index (χ0v) is 20.3. The molecule has 34 heavy (non-hydrogen) atoms. The van der Waals surface area contributed by atoms with E-state index in [-0.39, 0.29) is 22.2 Å². The van der Waals surface area contributed by atoms with E-state index in [0.717, 1.165) is 30.6 Å². The van der Waals surface area contributed by atoms with Crippen LogP contribution in [-0.2, 0) is 24.0 Å². The summed E-state index contributed by atoms with van der Waals surface area (Å²) in [5.41, 5.74) is -0.0115. The number of fused-ring (bicyclic) bond motifs is 1. The van der Waals surface area contributed by atoms with Crippen molar-refractivity contribution in [3.05, 3.63) is 22.8 Å². The molecule has 0 saturated carbocycles. The van der Waals surface area contributed by atoms with Gasteiger partial charge in [-0.05, 0) is 18.9 Å². The zero-order valence-electron chi connectivity index (χ0n) is 18.7. The summed E-state index contributed by atoms with van der Waals surface area (Å²) < 4.78 is 0. The fourth-order valence-electron chi connectivity index (χ4n) is 3.51. The van der Waals surface area contributed by atoms with Gasteiger partial charge in [-0.1, -0.05) is 37.8 Å². The molecule has 184 valence electrons. The summed E-state index contributed by atoms with van der Waals surface area (Å²) in [4.78, 5) is 58.4. The Labute approximate surface area is 205 Å². The number of unbranched alkanes of at least 4 members (excludes halogenated alkanes) is 5. The summed E-state index contributed by atoms with van der Waals surface area (Å²) in [6.07, 6.45) is 8.37. The smallest absolute Gasteiger partial charge is 0.352 e. The Balaban J connectivity index is 1.65. The van der Waals surface area contributed by atoms with Crippen molar-refractivity contribution in [1.29, 1.82) is 0 Å². The summed E-state index contributed by atoms with van der Waals surface area (Å²) in [7, 11) is 0. The minimum absolute atomic E-state index is 0.0838. The highest BCUT2D eigenvalue weighted by Gasteiger charge is 2.53. The maximum Gasteiger partial charge on any atom is 0.352 e. The Hall–Kier alpha value is -2.93. The van der Waals surface area contributed by atoms with E-state index in [4.69, 9.17) is 4.84 Å². The Morgan fingerprint density at radius 3 is 2.82 bits per heavy atom. The van der Waals surface area contributed by atoms with Gasteiger partial charge in [0.1, 0.15) is 29.4 Å². The summed E-state index contributed by atoms with van der Waals surface area (Å²) >= 11 is 2.47. The van der Waals surface area contributed by atoms with Crippen molar-refractivity contribution in [2.24, 2.45) is 5.16 Å². The number of carbonyl (C=O) groups excluding carboxylic acids is 3. The Morgan fingerprint density at radius 1 is 1.32 bits per heavy atom. The second-order valence-corrected chi connectivity index (χ2v) is 9.63. The van der Waals surface area contributed by atoms with Crippen LogP contribution >= 0.6 is 23.1 Å². The van der Waals surface area contributed by atoms with E-state index in [1.165, 1.54) is 42.0 Å². The van der Waals surface area contributed by atoms with E-state index in [2.05, 4.69) is 27.7 Å². The molecule has 0 bridgehead atoms. The Morgan fingerprint density at radius 2 is 2.09 bits per heavy atom. The van der Waals surface area contributed by atoms with Crippen molar-refractivity contribution < 1.29 is 29.1 Å². The van der Waals surface area contributed by atoms with Crippen LogP contribution in [0.5, 0.6) is 0 Å². The van der Waals surface area contributed by atoms with E-state index in [0.29, 0.717) is 18.8 Å². The van der Waals surface area contributed by atoms with E-state index >= 15 is 0 Å². The summed E-state index contributed by atoms with van der Waals surface area (Å²) in [6, 6.07) is -0.893. The molecule has 2 atom stereocenters. The lowest BCUT2D eigenvalue weighted by molar-refractivity contribution is -0.150. The van der Waals surface area contributed by atoms with Crippen LogP contribution in [0.25, 0.3) is 0 Å². The van der Waals surface area contributed by atoms with Crippen LogP contribution in [0.15, 0.2) is 22.3 Å². The number of hydrogen-bond donors (Lipinski definition) is 3. The predicted octanol–water partition coefficient (Wildman–Crippen LogP) is 2.16. The number of thiazole rings is 1. The molecule has 11 nitrogen and oxygen atoms in total. The first-order chi connectivity index (χ1) is 16.5. The number of oxime groups is 1. The molecule has 2 aliphatic rings. The summed E-state index contributed by atoms with van der Waals surface area (Å²) in [6.45, 7) is 2.48. The van der Waals surface area contributed by atoms with Gasteiger partial charge in [0.25, 0.3) is 11.8 Å². The van der Waals surface area contributed by atoms with E-state index in [9.17, 15) is 24.3 Å². The highest BCUT2D eigenvalue weighted by molar-refractivity contribution is 8.00. The molecule has 0 spiro atoms. The third kappa shape index (κ3) is 6.14. The van der Waals surface area contributed by atoms with Crippen molar-refractivity contribution in [3.63, 3.8) is 0 Å². The van der Waals surface area contributed by atoms with Crippen LogP contribution in [0.2, 0.25) is 0 Å². The molecule has 3 amide bonds. The van der Waals surface area contributed by atoms with Gasteiger partial charge in [-0.25, -0.2) is 9.78 Å². The maximum absolute atomic E-state index is 13.0. The molecule has 1 unspecified atom stereocenters. The number of rotatable bonds is 14. The van der Waals surface area contributed by atoms with Gasteiger partial charge in [0.15, 0.2) is 10.8 Å². The second kappa shape index (κ2) is 12.5. The number of β-lactam (4-membered cyclic amide) rings is 1. The molecule has 3 rings (SSSR count). The minimum atomic E-state index is -1.19. The number of anilines is 1. The maximum atomic E-state index is 13.0. The summed E-state index contributed by atoms with van der Waals surface area (Å²) in [5, 5.41) is 19.6. The molecule has 2 aliphatic heterocycles. The van der Waals surface area contributed by atoms with Crippen molar-refractivity contribution in [1.82, 2.24) is 15.2 Å². The van der Waals surface area contributed by atoms with Crippen molar-refractivity contribution in [2.75, 3.05) is 17.7 Å². The first-order valence-electron chi connectivity index (χ1n) is 11.0. The molecular weight excluding hydrogens is 482 g/mol. The molecule has 0 radical (unpaired) electrons. The first kappa shape index (κ1) is 25.7. The minimum Gasteiger partial charge on any atom is -0.477 e. The van der Waals surface area contributed by atoms with Gasteiger partial charge in [-0.3, -0.25) is 19.3 Å². The Kier molecular flexibility index (Phi) is 9.45. The highest BCUT2D eigenvalue weighted by Crippen LogP contribution is 2.37. The van der Waals surface area contributed by atoms with Crippen molar-refractivity contribution >= 4 is 58.1 Å². The van der Waals surface area contributed by atoms with Gasteiger partial charge in [0.2, 0.25) is 6.41 Å². The van der Waals surface area contributed by atoms with Crippen molar-refractivity contribution in [3.8, 4) is 0 Å². The van der Waals surface area contributed by atoms with Crippen LogP contribution in [0, 0.1) is 0 Å². The molecule has 3 heterocycles. The van der Waals surface area contributed by atoms with E-state index in [1.807, 2.05) is 0 Å². The number of aromatic nitrogens is 1. The topological polar surface area (TPSA) is 150 Å². The number of aliphatic carboxylic acids is 1.